The largest absolute Gasteiger partial charge is 0.481 e. The average Bonchev–Trinajstić information content (AvgIpc) is 2.77. The Morgan fingerprint density at radius 1 is 1.12 bits per heavy atom. The van der Waals surface area contributed by atoms with Crippen LogP contribution >= 0.6 is 0 Å². The smallest absolute Gasteiger partial charge is 0.412 e. The number of anilines is 1. The van der Waals surface area contributed by atoms with Crippen molar-refractivity contribution in [2.45, 2.75) is 32.3 Å². The number of nitrogens with one attached hydrogen (secondary N) is 2. The lowest BCUT2D eigenvalue weighted by Gasteiger charge is -2.30. The zero-order valence-electron chi connectivity index (χ0n) is 18.2. The van der Waals surface area contributed by atoms with Gasteiger partial charge in [0.1, 0.15) is 6.61 Å². The van der Waals surface area contributed by atoms with E-state index in [9.17, 15) is 24.0 Å². The van der Waals surface area contributed by atoms with Crippen molar-refractivity contribution in [1.29, 1.82) is 0 Å². The molecule has 180 valence electrons. The van der Waals surface area contributed by atoms with Gasteiger partial charge in [-0.1, -0.05) is 6.07 Å². The summed E-state index contributed by atoms with van der Waals surface area (Å²) in [5.74, 6) is -2.40. The summed E-state index contributed by atoms with van der Waals surface area (Å²) in [7, 11) is 0. The van der Waals surface area contributed by atoms with E-state index in [1.807, 2.05) is 0 Å². The predicted octanol–water partition coefficient (Wildman–Crippen LogP) is 0.968. The Kier molecular flexibility index (Phi) is 10.1. The molecule has 3 amide bonds. The summed E-state index contributed by atoms with van der Waals surface area (Å²) < 4.78 is 15.0. The molecule has 3 N–H and O–H groups in total. The number of nitrogens with zero attached hydrogens (tertiary/aromatic N) is 1. The van der Waals surface area contributed by atoms with Gasteiger partial charge in [-0.2, -0.15) is 0 Å². The van der Waals surface area contributed by atoms with Crippen LogP contribution in [0.1, 0.15) is 36.5 Å². The van der Waals surface area contributed by atoms with E-state index in [0.717, 1.165) is 0 Å². The highest BCUT2D eigenvalue weighted by Crippen LogP contribution is 2.15. The molecule has 0 radical (unpaired) electrons. The van der Waals surface area contributed by atoms with Gasteiger partial charge in [0.05, 0.1) is 12.5 Å². The zero-order chi connectivity index (χ0) is 24.2. The second-order valence-electron chi connectivity index (χ2n) is 7.19. The molecule has 1 heterocycles. The van der Waals surface area contributed by atoms with Crippen molar-refractivity contribution >= 4 is 35.5 Å². The molecule has 2 rings (SSSR count). The normalized spacial score (nSPS) is 13.7. The molecule has 12 heteroatoms. The number of hydrogen-bond donors (Lipinski definition) is 3. The molecule has 0 aromatic heterocycles. The molecule has 0 spiro atoms. The van der Waals surface area contributed by atoms with E-state index in [1.165, 1.54) is 17.9 Å². The van der Waals surface area contributed by atoms with E-state index in [1.54, 1.807) is 18.2 Å². The molecule has 33 heavy (non-hydrogen) atoms. The lowest BCUT2D eigenvalue weighted by molar-refractivity contribution is -0.150. The summed E-state index contributed by atoms with van der Waals surface area (Å²) in [5, 5.41) is 13.8. The molecule has 1 aromatic carbocycles. The van der Waals surface area contributed by atoms with Crippen molar-refractivity contribution in [2.24, 2.45) is 0 Å². The first-order chi connectivity index (χ1) is 15.7. The van der Waals surface area contributed by atoms with Crippen LogP contribution in [-0.2, 0) is 28.6 Å². The summed E-state index contributed by atoms with van der Waals surface area (Å²) in [5.41, 5.74) is 0.687. The van der Waals surface area contributed by atoms with E-state index in [0.29, 0.717) is 31.6 Å². The molecule has 0 unspecified atom stereocenters. The van der Waals surface area contributed by atoms with E-state index in [4.69, 9.17) is 14.6 Å². The number of carbonyl (C=O) groups excluding carboxylic acids is 4. The van der Waals surface area contributed by atoms with Crippen molar-refractivity contribution in [2.75, 3.05) is 38.4 Å². The predicted molar refractivity (Wildman–Crippen MR) is 113 cm³/mol. The molecule has 0 aliphatic carbocycles. The summed E-state index contributed by atoms with van der Waals surface area (Å²) in [6.07, 6.45) is 0.0524. The monoisotopic (exact) mass is 465 g/mol. The third-order valence-corrected chi connectivity index (χ3v) is 4.63. The molecule has 0 atom stereocenters. The number of carbonyl (C=O) groups is 5. The van der Waals surface area contributed by atoms with Gasteiger partial charge in [0.25, 0.3) is 5.91 Å². The number of likely N-dealkylation sites (tertiary alicyclic amines) is 1. The fraction of sp³-hybridized carbons (Fsp3) is 0.476. The molecule has 1 fully saturated rings. The third kappa shape index (κ3) is 9.56. The Hall–Kier alpha value is -3.67. The molecule has 1 aliphatic heterocycles. The minimum atomic E-state index is -1.01. The summed E-state index contributed by atoms with van der Waals surface area (Å²) >= 11 is 0. The second-order valence-corrected chi connectivity index (χ2v) is 7.19. The van der Waals surface area contributed by atoms with E-state index < -0.39 is 36.6 Å². The summed E-state index contributed by atoms with van der Waals surface area (Å²) in [4.78, 5) is 58.8. The first kappa shape index (κ1) is 25.6. The van der Waals surface area contributed by atoms with Crippen LogP contribution in [0.15, 0.2) is 24.3 Å². The number of carboxylic acids is 1. The van der Waals surface area contributed by atoms with E-state index in [2.05, 4.69) is 15.4 Å². The highest BCUT2D eigenvalue weighted by Gasteiger charge is 2.25. The van der Waals surface area contributed by atoms with Crippen molar-refractivity contribution in [3.63, 3.8) is 0 Å². The SMILES string of the molecule is CC(=O)OCOC(=O)N1CCC(OCC(=O)Nc2cccc(C(=O)NCCC(=O)O)c2)CC1. The first-order valence-electron chi connectivity index (χ1n) is 10.3. The van der Waals surface area contributed by atoms with Crippen molar-refractivity contribution in [3.05, 3.63) is 29.8 Å². The first-order valence-corrected chi connectivity index (χ1v) is 10.3. The summed E-state index contributed by atoms with van der Waals surface area (Å²) in [6.45, 7) is 1.34. The van der Waals surface area contributed by atoms with Gasteiger partial charge in [0, 0.05) is 37.8 Å². The number of benzene rings is 1. The maximum absolute atomic E-state index is 12.2. The Labute approximate surface area is 190 Å². The third-order valence-electron chi connectivity index (χ3n) is 4.63. The van der Waals surface area contributed by atoms with Gasteiger partial charge < -0.3 is 34.9 Å². The lowest BCUT2D eigenvalue weighted by atomic mass is 10.1. The number of carboxylic acid groups (broad SMARTS) is 1. The van der Waals surface area contributed by atoms with Crippen LogP contribution in [0, 0.1) is 0 Å². The Morgan fingerprint density at radius 2 is 1.85 bits per heavy atom. The molecule has 12 nitrogen and oxygen atoms in total. The van der Waals surface area contributed by atoms with Crippen molar-refractivity contribution in [1.82, 2.24) is 10.2 Å². The average molecular weight is 465 g/mol. The molecule has 0 bridgehead atoms. The van der Waals surface area contributed by atoms with Gasteiger partial charge in [0.15, 0.2) is 0 Å². The van der Waals surface area contributed by atoms with Gasteiger partial charge in [-0.05, 0) is 31.0 Å². The quantitative estimate of drug-likeness (QED) is 0.338. The Morgan fingerprint density at radius 3 is 2.52 bits per heavy atom. The Bertz CT molecular complexity index is 866. The fourth-order valence-electron chi connectivity index (χ4n) is 2.97. The van der Waals surface area contributed by atoms with E-state index in [-0.39, 0.29) is 31.2 Å². The highest BCUT2D eigenvalue weighted by atomic mass is 16.7. The number of amides is 3. The molecule has 0 saturated carbocycles. The fourth-order valence-corrected chi connectivity index (χ4v) is 2.97. The van der Waals surface area contributed by atoms with Gasteiger partial charge in [0.2, 0.25) is 12.7 Å². The molecule has 1 saturated heterocycles. The number of aliphatic carboxylic acids is 1. The molecule has 1 aromatic rings. The standard InChI is InChI=1S/C21H27N3O9/c1-14(25)32-13-33-21(30)24-9-6-17(7-10-24)31-12-18(26)23-16-4-2-3-15(11-16)20(29)22-8-5-19(27)28/h2-4,11,17H,5-10,12-13H2,1H3,(H,22,29)(H,23,26)(H,27,28). The number of piperidine rings is 1. The lowest BCUT2D eigenvalue weighted by Crippen LogP contribution is -2.42. The van der Waals surface area contributed by atoms with Crippen LogP contribution in [0.3, 0.4) is 0 Å². The van der Waals surface area contributed by atoms with Crippen LogP contribution in [0.25, 0.3) is 0 Å². The highest BCUT2D eigenvalue weighted by molar-refractivity contribution is 5.97. The van der Waals surface area contributed by atoms with Gasteiger partial charge in [-0.25, -0.2) is 4.79 Å². The van der Waals surface area contributed by atoms with Gasteiger partial charge in [-0.3, -0.25) is 19.2 Å². The number of hydrogen-bond acceptors (Lipinski definition) is 8. The maximum Gasteiger partial charge on any atom is 0.412 e. The van der Waals surface area contributed by atoms with Crippen LogP contribution in [0.5, 0.6) is 0 Å². The topological polar surface area (TPSA) is 161 Å². The molecular weight excluding hydrogens is 438 g/mol. The number of rotatable bonds is 10. The minimum Gasteiger partial charge on any atom is -0.481 e. The zero-order valence-corrected chi connectivity index (χ0v) is 18.2. The van der Waals surface area contributed by atoms with Gasteiger partial charge >= 0.3 is 18.0 Å². The van der Waals surface area contributed by atoms with Crippen LogP contribution in [0.2, 0.25) is 0 Å². The second kappa shape index (κ2) is 13.0. The summed E-state index contributed by atoms with van der Waals surface area (Å²) in [6, 6.07) is 6.24. The molecular formula is C21H27N3O9. The van der Waals surface area contributed by atoms with Crippen LogP contribution < -0.4 is 10.6 Å². The van der Waals surface area contributed by atoms with Crippen molar-refractivity contribution in [3.8, 4) is 0 Å². The number of ether oxygens (including phenoxy) is 3. The minimum absolute atomic E-state index is 0.00131. The molecule has 1 aliphatic rings. The maximum atomic E-state index is 12.2. The van der Waals surface area contributed by atoms with Crippen molar-refractivity contribution < 1.29 is 43.3 Å². The van der Waals surface area contributed by atoms with Crippen LogP contribution in [0.4, 0.5) is 10.5 Å². The van der Waals surface area contributed by atoms with E-state index >= 15 is 0 Å². The van der Waals surface area contributed by atoms with Crippen LogP contribution in [-0.4, -0.2) is 79.0 Å². The van der Waals surface area contributed by atoms with Gasteiger partial charge in [-0.15, -0.1) is 0 Å². The number of esters is 1. The Balaban J connectivity index is 1.70.